The maximum absolute atomic E-state index is 11.6. The average molecular weight is 251 g/mol. The molecule has 0 aromatic carbocycles. The van der Waals surface area contributed by atoms with E-state index in [0.29, 0.717) is 6.54 Å². The summed E-state index contributed by atoms with van der Waals surface area (Å²) >= 11 is 1.53. The molecule has 2 N–H and O–H groups in total. The number of aliphatic hydroxyl groups is 1. The minimum Gasteiger partial charge on any atom is -0.384 e. The van der Waals surface area contributed by atoms with Crippen molar-refractivity contribution in [3.63, 3.8) is 0 Å². The molecular weight excluding hydrogens is 234 g/mol. The third kappa shape index (κ3) is 4.59. The molecule has 0 aliphatic heterocycles. The largest absolute Gasteiger partial charge is 0.384 e. The summed E-state index contributed by atoms with van der Waals surface area (Å²) in [5.41, 5.74) is 0. The number of thiophene rings is 1. The summed E-state index contributed by atoms with van der Waals surface area (Å²) in [5.74, 6) is 5.59. The Morgan fingerprint density at radius 3 is 3.00 bits per heavy atom. The predicted octanol–water partition coefficient (Wildman–Crippen LogP) is 1.75. The maximum atomic E-state index is 11.6. The Bertz CT molecular complexity index is 428. The van der Waals surface area contributed by atoms with Crippen molar-refractivity contribution >= 4 is 17.2 Å². The van der Waals surface area contributed by atoms with E-state index in [-0.39, 0.29) is 18.4 Å². The molecule has 1 rings (SSSR count). The highest BCUT2D eigenvalue weighted by Crippen LogP contribution is 2.15. The highest BCUT2D eigenvalue weighted by molar-refractivity contribution is 7.12. The number of carbonyl (C=O) groups is 1. The third-order valence-corrected chi connectivity index (χ3v) is 3.45. The van der Waals surface area contributed by atoms with Crippen molar-refractivity contribution in [3.8, 4) is 11.8 Å². The summed E-state index contributed by atoms with van der Waals surface area (Å²) in [4.78, 5) is 13.5. The van der Waals surface area contributed by atoms with Crippen LogP contribution in [0.4, 0.5) is 0 Å². The van der Waals surface area contributed by atoms with E-state index in [1.54, 1.807) is 0 Å². The van der Waals surface area contributed by atoms with Gasteiger partial charge in [-0.1, -0.05) is 25.7 Å². The van der Waals surface area contributed by atoms with Crippen molar-refractivity contribution in [1.29, 1.82) is 0 Å². The first-order chi connectivity index (χ1) is 8.17. The van der Waals surface area contributed by atoms with Crippen LogP contribution in [0.25, 0.3) is 0 Å². The Hall–Kier alpha value is -1.31. The molecule has 0 saturated heterocycles. The normalized spacial score (nSPS) is 11.5. The van der Waals surface area contributed by atoms with Crippen molar-refractivity contribution in [3.05, 3.63) is 21.9 Å². The van der Waals surface area contributed by atoms with E-state index >= 15 is 0 Å². The van der Waals surface area contributed by atoms with E-state index in [2.05, 4.69) is 17.2 Å². The van der Waals surface area contributed by atoms with Gasteiger partial charge in [0.05, 0.1) is 11.4 Å². The van der Waals surface area contributed by atoms with Gasteiger partial charge in [-0.25, -0.2) is 0 Å². The molecule has 0 aliphatic rings. The fourth-order valence-corrected chi connectivity index (χ4v) is 2.02. The van der Waals surface area contributed by atoms with Crippen LogP contribution in [0.15, 0.2) is 12.1 Å². The van der Waals surface area contributed by atoms with Gasteiger partial charge in [0.15, 0.2) is 0 Å². The zero-order valence-electron chi connectivity index (χ0n) is 10.1. The van der Waals surface area contributed by atoms with Crippen LogP contribution in [0.1, 0.15) is 30.0 Å². The Kier molecular flexibility index (Phi) is 5.75. The number of hydrogen-bond donors (Lipinski definition) is 2. The van der Waals surface area contributed by atoms with Crippen LogP contribution in [-0.4, -0.2) is 17.6 Å². The van der Waals surface area contributed by atoms with Gasteiger partial charge in [0.25, 0.3) is 0 Å². The summed E-state index contributed by atoms with van der Waals surface area (Å²) in [6.45, 7) is 4.34. The van der Waals surface area contributed by atoms with E-state index in [1.807, 2.05) is 26.0 Å². The fraction of sp³-hybridized carbons (Fsp3) is 0.462. The van der Waals surface area contributed by atoms with Crippen molar-refractivity contribution in [2.24, 2.45) is 5.92 Å². The van der Waals surface area contributed by atoms with E-state index < -0.39 is 0 Å². The van der Waals surface area contributed by atoms with Gasteiger partial charge < -0.3 is 10.4 Å². The molecule has 1 aromatic rings. The van der Waals surface area contributed by atoms with Crippen LogP contribution >= 0.6 is 11.3 Å². The number of amides is 1. The molecule has 0 bridgehead atoms. The standard InChI is InChI=1S/C13H17NO2S/c1-3-10(2)13(16)14-9-12-7-6-11(17-12)5-4-8-15/h6-7,10,15H,3,8-9H2,1-2H3,(H,14,16). The quantitative estimate of drug-likeness (QED) is 0.801. The van der Waals surface area contributed by atoms with Crippen LogP contribution < -0.4 is 5.32 Å². The third-order valence-electron chi connectivity index (χ3n) is 2.45. The highest BCUT2D eigenvalue weighted by atomic mass is 32.1. The molecule has 0 radical (unpaired) electrons. The number of rotatable bonds is 4. The van der Waals surface area contributed by atoms with Gasteiger partial charge in [0.1, 0.15) is 6.61 Å². The first kappa shape index (κ1) is 13.8. The summed E-state index contributed by atoms with van der Waals surface area (Å²) in [5, 5.41) is 11.5. The Balaban J connectivity index is 2.47. The molecule has 0 fully saturated rings. The Morgan fingerprint density at radius 1 is 1.59 bits per heavy atom. The van der Waals surface area contributed by atoms with Gasteiger partial charge in [-0.05, 0) is 18.6 Å². The van der Waals surface area contributed by atoms with Crippen molar-refractivity contribution in [2.75, 3.05) is 6.61 Å². The van der Waals surface area contributed by atoms with E-state index in [1.165, 1.54) is 11.3 Å². The van der Waals surface area contributed by atoms with Gasteiger partial charge in [-0.15, -0.1) is 11.3 Å². The number of aliphatic hydroxyl groups excluding tert-OH is 1. The Morgan fingerprint density at radius 2 is 2.35 bits per heavy atom. The van der Waals surface area contributed by atoms with Crippen LogP contribution in [0.5, 0.6) is 0 Å². The molecule has 3 nitrogen and oxygen atoms in total. The van der Waals surface area contributed by atoms with Gasteiger partial charge >= 0.3 is 0 Å². The second kappa shape index (κ2) is 7.10. The Labute approximate surface area is 106 Å². The first-order valence-corrected chi connectivity index (χ1v) is 6.45. The van der Waals surface area contributed by atoms with E-state index in [0.717, 1.165) is 16.2 Å². The summed E-state index contributed by atoms with van der Waals surface area (Å²) in [6, 6.07) is 3.85. The van der Waals surface area contributed by atoms with E-state index in [4.69, 9.17) is 5.11 Å². The minimum atomic E-state index is -0.127. The lowest BCUT2D eigenvalue weighted by Crippen LogP contribution is -2.27. The molecule has 1 unspecified atom stereocenters. The molecule has 0 spiro atoms. The van der Waals surface area contributed by atoms with Gasteiger partial charge in [-0.3, -0.25) is 4.79 Å². The van der Waals surface area contributed by atoms with Gasteiger partial charge in [0, 0.05) is 10.8 Å². The molecule has 1 heterocycles. The first-order valence-electron chi connectivity index (χ1n) is 5.63. The lowest BCUT2D eigenvalue weighted by atomic mass is 10.1. The smallest absolute Gasteiger partial charge is 0.223 e. The monoisotopic (exact) mass is 251 g/mol. The van der Waals surface area contributed by atoms with Crippen molar-refractivity contribution < 1.29 is 9.90 Å². The SMILES string of the molecule is CCC(C)C(=O)NCc1ccc(C#CCO)s1. The topological polar surface area (TPSA) is 49.3 Å². The molecule has 4 heteroatoms. The highest BCUT2D eigenvalue weighted by Gasteiger charge is 2.09. The number of carbonyl (C=O) groups excluding carboxylic acids is 1. The van der Waals surface area contributed by atoms with Gasteiger partial charge in [0.2, 0.25) is 5.91 Å². The molecule has 92 valence electrons. The zero-order chi connectivity index (χ0) is 12.7. The molecule has 0 saturated carbocycles. The van der Waals surface area contributed by atoms with Crippen molar-refractivity contribution in [2.45, 2.75) is 26.8 Å². The average Bonchev–Trinajstić information content (AvgIpc) is 2.80. The number of nitrogens with one attached hydrogen (secondary N) is 1. The van der Waals surface area contributed by atoms with Crippen LogP contribution in [0.3, 0.4) is 0 Å². The molecule has 0 aliphatic carbocycles. The lowest BCUT2D eigenvalue weighted by molar-refractivity contribution is -0.124. The van der Waals surface area contributed by atoms with Crippen LogP contribution in [-0.2, 0) is 11.3 Å². The molecule has 17 heavy (non-hydrogen) atoms. The zero-order valence-corrected chi connectivity index (χ0v) is 10.9. The van der Waals surface area contributed by atoms with Crippen LogP contribution in [0, 0.1) is 17.8 Å². The predicted molar refractivity (Wildman–Crippen MR) is 69.6 cm³/mol. The second-order valence-electron chi connectivity index (χ2n) is 3.75. The van der Waals surface area contributed by atoms with Gasteiger partial charge in [-0.2, -0.15) is 0 Å². The number of hydrogen-bond acceptors (Lipinski definition) is 3. The molecular formula is C13H17NO2S. The maximum Gasteiger partial charge on any atom is 0.223 e. The van der Waals surface area contributed by atoms with Crippen molar-refractivity contribution in [1.82, 2.24) is 5.32 Å². The summed E-state index contributed by atoms with van der Waals surface area (Å²) in [6.07, 6.45) is 0.851. The molecule has 1 amide bonds. The van der Waals surface area contributed by atoms with E-state index in [9.17, 15) is 4.79 Å². The molecule has 1 aromatic heterocycles. The summed E-state index contributed by atoms with van der Waals surface area (Å²) < 4.78 is 0. The lowest BCUT2D eigenvalue weighted by Gasteiger charge is -2.08. The fourth-order valence-electron chi connectivity index (χ4n) is 1.20. The molecule has 1 atom stereocenters. The second-order valence-corrected chi connectivity index (χ2v) is 4.92. The minimum absolute atomic E-state index is 0.0589. The van der Waals surface area contributed by atoms with Crippen LogP contribution in [0.2, 0.25) is 0 Å². The summed E-state index contributed by atoms with van der Waals surface area (Å²) in [7, 11) is 0.